The number of hydrogen-bond acceptors (Lipinski definition) is 3. The maximum Gasteiger partial charge on any atom is 0.233 e. The van der Waals surface area contributed by atoms with Gasteiger partial charge in [0.05, 0.1) is 0 Å². The predicted octanol–water partition coefficient (Wildman–Crippen LogP) is 2.70. The summed E-state index contributed by atoms with van der Waals surface area (Å²) in [5, 5.41) is 1.25. The number of hydrogen-bond donors (Lipinski definition) is 1. The second-order valence-electron chi connectivity index (χ2n) is 6.07. The van der Waals surface area contributed by atoms with Gasteiger partial charge in [-0.2, -0.15) is 0 Å². The lowest BCUT2D eigenvalue weighted by Gasteiger charge is -2.29. The molecule has 1 fully saturated rings. The summed E-state index contributed by atoms with van der Waals surface area (Å²) in [5.41, 5.74) is 0.884. The van der Waals surface area contributed by atoms with E-state index in [0.29, 0.717) is 12.5 Å². The van der Waals surface area contributed by atoms with Crippen molar-refractivity contribution < 1.29 is 8.42 Å². The minimum atomic E-state index is -3.36. The molecule has 1 atom stereocenters. The van der Waals surface area contributed by atoms with Gasteiger partial charge in [0.2, 0.25) is 10.0 Å². The third-order valence-corrected chi connectivity index (χ3v) is 4.95. The van der Waals surface area contributed by atoms with Gasteiger partial charge in [-0.25, -0.2) is 13.1 Å². The summed E-state index contributed by atoms with van der Waals surface area (Å²) in [4.78, 5) is 2.43. The highest BCUT2D eigenvalue weighted by molar-refractivity contribution is 7.92. The highest BCUT2D eigenvalue weighted by atomic mass is 32.2. The molecule has 1 aliphatic rings. The van der Waals surface area contributed by atoms with Crippen LogP contribution in [0.4, 0.5) is 0 Å². The summed E-state index contributed by atoms with van der Waals surface area (Å²) in [6.07, 6.45) is 5.47. The van der Waals surface area contributed by atoms with Gasteiger partial charge < -0.3 is 4.90 Å². The fourth-order valence-corrected chi connectivity index (χ4v) is 3.64. The maximum absolute atomic E-state index is 12.0. The molecular weight excluding hydrogens is 296 g/mol. The zero-order valence-electron chi connectivity index (χ0n) is 13.2. The van der Waals surface area contributed by atoms with Gasteiger partial charge in [0.15, 0.2) is 0 Å². The quantitative estimate of drug-likeness (QED) is 0.840. The van der Waals surface area contributed by atoms with Crippen LogP contribution >= 0.6 is 0 Å². The van der Waals surface area contributed by atoms with Gasteiger partial charge in [-0.1, -0.05) is 43.7 Å². The molecule has 1 unspecified atom stereocenters. The highest BCUT2D eigenvalue weighted by Gasteiger charge is 2.15. The van der Waals surface area contributed by atoms with Crippen LogP contribution in [0.2, 0.25) is 0 Å². The van der Waals surface area contributed by atoms with E-state index in [0.717, 1.165) is 25.2 Å². The first kappa shape index (κ1) is 17.2. The number of nitrogens with zero attached hydrogens (tertiary/aromatic N) is 1. The fourth-order valence-electron chi connectivity index (χ4n) is 2.69. The first-order valence-corrected chi connectivity index (χ1v) is 9.55. The monoisotopic (exact) mass is 322 g/mol. The highest BCUT2D eigenvalue weighted by Crippen LogP contribution is 2.11. The molecule has 2 rings (SSSR count). The average molecular weight is 322 g/mol. The van der Waals surface area contributed by atoms with Gasteiger partial charge >= 0.3 is 0 Å². The van der Waals surface area contributed by atoms with Gasteiger partial charge in [0, 0.05) is 18.5 Å². The van der Waals surface area contributed by atoms with Crippen LogP contribution < -0.4 is 4.72 Å². The van der Waals surface area contributed by atoms with Gasteiger partial charge in [0.25, 0.3) is 0 Å². The van der Waals surface area contributed by atoms with E-state index in [1.165, 1.54) is 24.7 Å². The number of sulfonamides is 1. The van der Waals surface area contributed by atoms with E-state index >= 15 is 0 Å². The Hall–Kier alpha value is -1.17. The van der Waals surface area contributed by atoms with E-state index in [2.05, 4.69) is 16.5 Å². The van der Waals surface area contributed by atoms with Crippen molar-refractivity contribution in [1.82, 2.24) is 9.62 Å². The SMILES string of the molecule is CC(CNS(=O)(=O)/C=C/c1ccccc1)CN1CCCCC1. The topological polar surface area (TPSA) is 49.4 Å². The second kappa shape index (κ2) is 8.46. The van der Waals surface area contributed by atoms with Crippen molar-refractivity contribution >= 4 is 16.1 Å². The van der Waals surface area contributed by atoms with Gasteiger partial charge in [-0.05, 0) is 43.5 Å². The Bertz CT molecular complexity index is 564. The van der Waals surface area contributed by atoms with Crippen molar-refractivity contribution in [3.8, 4) is 0 Å². The van der Waals surface area contributed by atoms with E-state index in [1.54, 1.807) is 6.08 Å². The van der Waals surface area contributed by atoms with Crippen LogP contribution in [0, 0.1) is 5.92 Å². The number of rotatable bonds is 7. The molecule has 1 saturated heterocycles. The Morgan fingerprint density at radius 3 is 2.55 bits per heavy atom. The number of piperidine rings is 1. The van der Waals surface area contributed by atoms with E-state index in [4.69, 9.17) is 0 Å². The number of likely N-dealkylation sites (tertiary alicyclic amines) is 1. The summed E-state index contributed by atoms with van der Waals surface area (Å²) in [6.45, 7) is 5.83. The molecule has 0 aliphatic carbocycles. The van der Waals surface area contributed by atoms with E-state index in [9.17, 15) is 8.42 Å². The molecule has 1 aliphatic heterocycles. The molecule has 0 aromatic heterocycles. The van der Waals surface area contributed by atoms with E-state index in [-0.39, 0.29) is 0 Å². The summed E-state index contributed by atoms with van der Waals surface area (Å²) in [6, 6.07) is 9.45. The maximum atomic E-state index is 12.0. The minimum Gasteiger partial charge on any atom is -0.303 e. The predicted molar refractivity (Wildman–Crippen MR) is 91.9 cm³/mol. The Balaban J connectivity index is 1.77. The van der Waals surface area contributed by atoms with Crippen molar-refractivity contribution in [2.24, 2.45) is 5.92 Å². The molecule has 1 aromatic carbocycles. The lowest BCUT2D eigenvalue weighted by molar-refractivity contribution is 0.201. The Kier molecular flexibility index (Phi) is 6.61. The van der Waals surface area contributed by atoms with Crippen LogP contribution in [0.1, 0.15) is 31.7 Å². The van der Waals surface area contributed by atoms with Crippen molar-refractivity contribution in [1.29, 1.82) is 0 Å². The number of benzene rings is 1. The smallest absolute Gasteiger partial charge is 0.233 e. The third kappa shape index (κ3) is 6.30. The average Bonchev–Trinajstić information content (AvgIpc) is 2.53. The summed E-state index contributed by atoms with van der Waals surface area (Å²) < 4.78 is 26.7. The van der Waals surface area contributed by atoms with Crippen molar-refractivity contribution in [3.63, 3.8) is 0 Å². The standard InChI is InChI=1S/C17H26N2O2S/c1-16(15-19-11-6-3-7-12-19)14-18-22(20,21)13-10-17-8-4-2-5-9-17/h2,4-5,8-10,13,16,18H,3,6-7,11-12,14-15H2,1H3/b13-10+. The molecule has 0 bridgehead atoms. The normalized spacial score (nSPS) is 18.6. The summed E-state index contributed by atoms with van der Waals surface area (Å²) >= 11 is 0. The molecule has 4 nitrogen and oxygen atoms in total. The Morgan fingerprint density at radius 2 is 1.86 bits per heavy atom. The van der Waals surface area contributed by atoms with Gasteiger partial charge in [0.1, 0.15) is 0 Å². The molecule has 1 aromatic rings. The molecule has 122 valence electrons. The lowest BCUT2D eigenvalue weighted by atomic mass is 10.1. The van der Waals surface area contributed by atoms with Crippen molar-refractivity contribution in [3.05, 3.63) is 41.3 Å². The van der Waals surface area contributed by atoms with Gasteiger partial charge in [-0.3, -0.25) is 0 Å². The van der Waals surface area contributed by atoms with Crippen LogP contribution in [0.25, 0.3) is 6.08 Å². The molecule has 0 radical (unpaired) electrons. The first-order chi connectivity index (χ1) is 10.6. The van der Waals surface area contributed by atoms with E-state index < -0.39 is 10.0 Å². The van der Waals surface area contributed by atoms with Crippen LogP contribution in [0.3, 0.4) is 0 Å². The molecule has 5 heteroatoms. The molecule has 1 N–H and O–H groups in total. The second-order valence-corrected chi connectivity index (χ2v) is 7.72. The van der Waals surface area contributed by atoms with Crippen molar-refractivity contribution in [2.45, 2.75) is 26.2 Å². The Morgan fingerprint density at radius 1 is 1.18 bits per heavy atom. The third-order valence-electron chi connectivity index (χ3n) is 3.89. The zero-order chi connectivity index (χ0) is 15.8. The molecule has 1 heterocycles. The lowest BCUT2D eigenvalue weighted by Crippen LogP contribution is -2.37. The number of nitrogens with one attached hydrogen (secondary N) is 1. The van der Waals surface area contributed by atoms with Crippen LogP contribution in [-0.2, 0) is 10.0 Å². The largest absolute Gasteiger partial charge is 0.303 e. The molecule has 22 heavy (non-hydrogen) atoms. The van der Waals surface area contributed by atoms with Gasteiger partial charge in [-0.15, -0.1) is 0 Å². The fraction of sp³-hybridized carbons (Fsp3) is 0.529. The van der Waals surface area contributed by atoms with E-state index in [1.807, 2.05) is 30.3 Å². The van der Waals surface area contributed by atoms with Crippen LogP contribution in [0.5, 0.6) is 0 Å². The molecule has 0 amide bonds. The Labute approximate surface area is 134 Å². The molecular formula is C17H26N2O2S. The van der Waals surface area contributed by atoms with Crippen LogP contribution in [0.15, 0.2) is 35.7 Å². The minimum absolute atomic E-state index is 0.318. The first-order valence-electron chi connectivity index (χ1n) is 8.00. The molecule has 0 saturated carbocycles. The zero-order valence-corrected chi connectivity index (χ0v) is 14.1. The summed E-state index contributed by atoms with van der Waals surface area (Å²) in [7, 11) is -3.36. The van der Waals surface area contributed by atoms with Crippen LogP contribution in [-0.4, -0.2) is 39.5 Å². The van der Waals surface area contributed by atoms with Crippen molar-refractivity contribution in [2.75, 3.05) is 26.2 Å². The summed E-state index contributed by atoms with van der Waals surface area (Å²) in [5.74, 6) is 0.318. The molecule has 0 spiro atoms.